The van der Waals surface area contributed by atoms with Crippen molar-refractivity contribution < 1.29 is 18.4 Å². The van der Waals surface area contributed by atoms with Crippen molar-refractivity contribution in [2.45, 2.75) is 6.54 Å². The molecule has 0 aliphatic heterocycles. The third kappa shape index (κ3) is 3.60. The van der Waals surface area contributed by atoms with Gasteiger partial charge in [-0.1, -0.05) is 0 Å². The molecule has 0 fully saturated rings. The number of hydrogen-bond acceptors (Lipinski definition) is 6. The Kier molecular flexibility index (Phi) is 5.07. The van der Waals surface area contributed by atoms with E-state index in [1.807, 2.05) is 12.1 Å². The summed E-state index contributed by atoms with van der Waals surface area (Å²) in [5.41, 5.74) is 4.37. The van der Waals surface area contributed by atoms with Crippen LogP contribution in [0.3, 0.4) is 0 Å². The van der Waals surface area contributed by atoms with Crippen molar-refractivity contribution in [1.82, 2.24) is 25.2 Å². The van der Waals surface area contributed by atoms with Gasteiger partial charge < -0.3 is 4.42 Å². The summed E-state index contributed by atoms with van der Waals surface area (Å²) < 4.78 is 19.3. The van der Waals surface area contributed by atoms with Crippen molar-refractivity contribution in [3.63, 3.8) is 0 Å². The molecule has 9 heteroatoms. The zero-order chi connectivity index (χ0) is 19.3. The first-order valence-electron chi connectivity index (χ1n) is 8.53. The smallest absolute Gasteiger partial charge is 0.275 e. The maximum absolute atomic E-state index is 12.6. The predicted molar refractivity (Wildman–Crippen MR) is 98.0 cm³/mol. The molecule has 4 rings (SSSR count). The van der Waals surface area contributed by atoms with E-state index in [4.69, 9.17) is 9.25 Å². The fraction of sp³-hybridized carbons (Fsp3) is 0.158. The second-order valence-electron chi connectivity index (χ2n) is 5.88. The molecule has 28 heavy (non-hydrogen) atoms. The molecular formula is C19H16FN5O3. The van der Waals surface area contributed by atoms with E-state index in [1.165, 1.54) is 0 Å². The lowest BCUT2D eigenvalue weighted by molar-refractivity contribution is 0.0265. The van der Waals surface area contributed by atoms with Gasteiger partial charge in [-0.25, -0.2) is 19.5 Å². The zero-order valence-corrected chi connectivity index (χ0v) is 14.7. The second-order valence-corrected chi connectivity index (χ2v) is 5.88. The normalized spacial score (nSPS) is 11.0. The van der Waals surface area contributed by atoms with Gasteiger partial charge in [0.05, 0.1) is 29.1 Å². The predicted octanol–water partition coefficient (Wildman–Crippen LogP) is 2.77. The van der Waals surface area contributed by atoms with Crippen LogP contribution in [0.1, 0.15) is 16.1 Å². The molecule has 0 saturated heterocycles. The van der Waals surface area contributed by atoms with E-state index in [0.29, 0.717) is 34.6 Å². The Bertz CT molecular complexity index is 1080. The van der Waals surface area contributed by atoms with E-state index in [2.05, 4.69) is 20.5 Å². The SMILES string of the molecule is O=C(NOCCF)c1cc(-c2cccnc2)nc2c1cnn2Cc1ccco1. The summed E-state index contributed by atoms with van der Waals surface area (Å²) in [4.78, 5) is 26.2. The number of aromatic nitrogens is 4. The number of carbonyl (C=O) groups is 1. The maximum atomic E-state index is 12.6. The maximum Gasteiger partial charge on any atom is 0.275 e. The van der Waals surface area contributed by atoms with E-state index < -0.39 is 12.6 Å². The summed E-state index contributed by atoms with van der Waals surface area (Å²) in [6, 6.07) is 8.88. The number of furan rings is 1. The first-order valence-corrected chi connectivity index (χ1v) is 8.53. The van der Waals surface area contributed by atoms with Crippen molar-refractivity contribution >= 4 is 16.9 Å². The Balaban J connectivity index is 1.79. The second kappa shape index (κ2) is 7.97. The summed E-state index contributed by atoms with van der Waals surface area (Å²) in [6.45, 7) is -0.569. The van der Waals surface area contributed by atoms with Crippen LogP contribution in [-0.4, -0.2) is 38.9 Å². The molecule has 4 aromatic rings. The Hall–Kier alpha value is -3.59. The topological polar surface area (TPSA) is 95.1 Å². The fourth-order valence-electron chi connectivity index (χ4n) is 2.77. The Morgan fingerprint density at radius 3 is 2.96 bits per heavy atom. The standard InChI is InChI=1S/C19H16FN5O3/c20-5-8-28-24-19(26)15-9-17(13-3-1-6-21-10-13)23-18-16(15)11-22-25(18)12-14-4-2-7-27-14/h1-4,6-7,9-11H,5,8,12H2,(H,24,26). The molecule has 8 nitrogen and oxygen atoms in total. The third-order valence-corrected chi connectivity index (χ3v) is 4.04. The highest BCUT2D eigenvalue weighted by Gasteiger charge is 2.18. The van der Waals surface area contributed by atoms with Crippen LogP contribution in [0.2, 0.25) is 0 Å². The summed E-state index contributed by atoms with van der Waals surface area (Å²) >= 11 is 0. The molecule has 0 saturated carbocycles. The van der Waals surface area contributed by atoms with Crippen LogP contribution in [0.25, 0.3) is 22.3 Å². The number of halogens is 1. The zero-order valence-electron chi connectivity index (χ0n) is 14.7. The van der Waals surface area contributed by atoms with Gasteiger partial charge >= 0.3 is 0 Å². The summed E-state index contributed by atoms with van der Waals surface area (Å²) in [7, 11) is 0. The minimum atomic E-state index is -0.700. The van der Waals surface area contributed by atoms with Gasteiger partial charge in [0, 0.05) is 18.0 Å². The molecule has 0 aliphatic rings. The van der Waals surface area contributed by atoms with Gasteiger partial charge in [-0.2, -0.15) is 5.10 Å². The van der Waals surface area contributed by atoms with Crippen LogP contribution in [0, 0.1) is 0 Å². The number of pyridine rings is 2. The third-order valence-electron chi connectivity index (χ3n) is 4.04. The molecular weight excluding hydrogens is 365 g/mol. The van der Waals surface area contributed by atoms with Gasteiger partial charge in [0.2, 0.25) is 0 Å². The van der Waals surface area contributed by atoms with Gasteiger partial charge in [-0.05, 0) is 30.3 Å². The van der Waals surface area contributed by atoms with Crippen LogP contribution < -0.4 is 5.48 Å². The average Bonchev–Trinajstić information content (AvgIpc) is 3.39. The lowest BCUT2D eigenvalue weighted by atomic mass is 10.1. The molecule has 0 aromatic carbocycles. The van der Waals surface area contributed by atoms with Gasteiger partial charge in [0.25, 0.3) is 5.91 Å². The van der Waals surface area contributed by atoms with Crippen LogP contribution in [0.5, 0.6) is 0 Å². The van der Waals surface area contributed by atoms with Gasteiger partial charge in [0.1, 0.15) is 25.6 Å². The van der Waals surface area contributed by atoms with Crippen molar-refractivity contribution in [2.24, 2.45) is 0 Å². The Morgan fingerprint density at radius 2 is 2.21 bits per heavy atom. The highest BCUT2D eigenvalue weighted by Crippen LogP contribution is 2.25. The number of fused-ring (bicyclic) bond motifs is 1. The van der Waals surface area contributed by atoms with Gasteiger partial charge in [0.15, 0.2) is 5.65 Å². The van der Waals surface area contributed by atoms with E-state index in [0.717, 1.165) is 5.56 Å². The average molecular weight is 381 g/mol. The van der Waals surface area contributed by atoms with Crippen molar-refractivity contribution in [2.75, 3.05) is 13.3 Å². The molecule has 4 aromatic heterocycles. The molecule has 142 valence electrons. The summed E-state index contributed by atoms with van der Waals surface area (Å²) in [5.74, 6) is 0.194. The Labute approximate surface area is 158 Å². The van der Waals surface area contributed by atoms with E-state index in [9.17, 15) is 9.18 Å². The minimum absolute atomic E-state index is 0.229. The van der Waals surface area contributed by atoms with Crippen molar-refractivity contribution in [1.29, 1.82) is 0 Å². The molecule has 1 amide bonds. The van der Waals surface area contributed by atoms with Crippen LogP contribution in [0.4, 0.5) is 4.39 Å². The van der Waals surface area contributed by atoms with E-state index >= 15 is 0 Å². The first kappa shape index (κ1) is 17.8. The van der Waals surface area contributed by atoms with Gasteiger partial charge in [-0.3, -0.25) is 14.6 Å². The lowest BCUT2D eigenvalue weighted by Gasteiger charge is -2.09. The monoisotopic (exact) mass is 381 g/mol. The van der Waals surface area contributed by atoms with Gasteiger partial charge in [-0.15, -0.1) is 0 Å². The van der Waals surface area contributed by atoms with Crippen LogP contribution in [0.15, 0.2) is 59.6 Å². The largest absolute Gasteiger partial charge is 0.467 e. The fourth-order valence-corrected chi connectivity index (χ4v) is 2.77. The summed E-state index contributed by atoms with van der Waals surface area (Å²) in [5, 5.41) is 4.88. The number of nitrogens with zero attached hydrogens (tertiary/aromatic N) is 4. The summed E-state index contributed by atoms with van der Waals surface area (Å²) in [6.07, 6.45) is 6.45. The number of alkyl halides is 1. The molecule has 0 aliphatic carbocycles. The van der Waals surface area contributed by atoms with Crippen molar-refractivity contribution in [3.05, 3.63) is 66.5 Å². The highest BCUT2D eigenvalue weighted by molar-refractivity contribution is 6.06. The Morgan fingerprint density at radius 1 is 1.29 bits per heavy atom. The van der Waals surface area contributed by atoms with E-state index in [-0.39, 0.29) is 6.61 Å². The molecule has 0 bridgehead atoms. The molecule has 0 spiro atoms. The molecule has 0 radical (unpaired) electrons. The first-order chi connectivity index (χ1) is 13.8. The number of hydrogen-bond donors (Lipinski definition) is 1. The van der Waals surface area contributed by atoms with E-state index in [1.54, 1.807) is 47.7 Å². The van der Waals surface area contributed by atoms with Crippen LogP contribution >= 0.6 is 0 Å². The number of amides is 1. The molecule has 1 N–H and O–H groups in total. The number of nitrogens with one attached hydrogen (secondary N) is 1. The molecule has 4 heterocycles. The quantitative estimate of drug-likeness (QED) is 0.391. The molecule has 0 unspecified atom stereocenters. The number of rotatable bonds is 7. The highest BCUT2D eigenvalue weighted by atomic mass is 19.1. The number of hydroxylamine groups is 1. The van der Waals surface area contributed by atoms with Crippen LogP contribution in [-0.2, 0) is 11.4 Å². The minimum Gasteiger partial charge on any atom is -0.467 e. The van der Waals surface area contributed by atoms with Crippen molar-refractivity contribution in [3.8, 4) is 11.3 Å². The number of carbonyl (C=O) groups excluding carboxylic acids is 1. The lowest BCUT2D eigenvalue weighted by Crippen LogP contribution is -2.25. The molecule has 0 atom stereocenters.